The molecule has 1 aromatic heterocycles. The maximum absolute atomic E-state index is 12.7. The molecule has 3 rings (SSSR count). The number of aromatic carboxylic acids is 1. The summed E-state index contributed by atoms with van der Waals surface area (Å²) in [4.78, 5) is 16.9. The molecule has 0 spiro atoms. The molecule has 134 valence electrons. The van der Waals surface area contributed by atoms with Crippen LogP contribution in [0.5, 0.6) is 5.75 Å². The number of carbonyl (C=O) groups is 1. The van der Waals surface area contributed by atoms with Crippen LogP contribution < -0.4 is 14.7 Å². The number of carboxylic acid groups (broad SMARTS) is 1. The molecule has 0 atom stereocenters. The number of hydrogen-bond acceptors (Lipinski definition) is 6. The lowest BCUT2D eigenvalue weighted by molar-refractivity contribution is -0.254. The van der Waals surface area contributed by atoms with Crippen LogP contribution in [0.1, 0.15) is 28.1 Å². The van der Waals surface area contributed by atoms with E-state index >= 15 is 0 Å². The van der Waals surface area contributed by atoms with E-state index in [1.54, 1.807) is 0 Å². The van der Waals surface area contributed by atoms with E-state index < -0.39 is 17.7 Å². The number of nitrogens with zero attached hydrogens (tertiary/aromatic N) is 2. The van der Waals surface area contributed by atoms with E-state index in [9.17, 15) is 23.1 Å². The van der Waals surface area contributed by atoms with Gasteiger partial charge in [-0.05, 0) is 18.2 Å². The summed E-state index contributed by atoms with van der Waals surface area (Å²) in [6.07, 6.45) is -2.11. The van der Waals surface area contributed by atoms with E-state index in [1.165, 1.54) is 18.3 Å². The number of aromatic nitrogens is 1. The van der Waals surface area contributed by atoms with Crippen LogP contribution in [0.2, 0.25) is 0 Å². The van der Waals surface area contributed by atoms with Crippen molar-refractivity contribution in [3.05, 3.63) is 40.9 Å². The van der Waals surface area contributed by atoms with Crippen molar-refractivity contribution in [3.63, 3.8) is 0 Å². The Balaban J connectivity index is 1.58. The van der Waals surface area contributed by atoms with Gasteiger partial charge in [0.2, 0.25) is 0 Å². The Kier molecular flexibility index (Phi) is 4.85. The standard InChI is InChI=1S/C16H15F3N2O3S/c17-16(18,19)10-2-1-3-12(8-10)24-11-4-6-21(7-5-11)15-20-9-13(25-15)14(22)23/h1-3,8-9,11H,4-7H2,(H,22,23)/p-1. The van der Waals surface area contributed by atoms with Crippen LogP contribution in [0.3, 0.4) is 0 Å². The molecule has 0 amide bonds. The van der Waals surface area contributed by atoms with Crippen molar-refractivity contribution >= 4 is 22.4 Å². The Labute approximate surface area is 145 Å². The van der Waals surface area contributed by atoms with Crippen molar-refractivity contribution in [2.45, 2.75) is 25.1 Å². The maximum atomic E-state index is 12.7. The fraction of sp³-hybridized carbons (Fsp3) is 0.375. The zero-order valence-electron chi connectivity index (χ0n) is 13.0. The second-order valence-corrected chi connectivity index (χ2v) is 6.63. The number of hydrogen-bond donors (Lipinski definition) is 0. The molecule has 1 aromatic carbocycles. The normalized spacial score (nSPS) is 16.0. The van der Waals surface area contributed by atoms with Crippen LogP contribution in [-0.2, 0) is 6.18 Å². The number of rotatable bonds is 4. The van der Waals surface area contributed by atoms with Gasteiger partial charge in [-0.3, -0.25) is 0 Å². The molecular formula is C16H14F3N2O3S-. The summed E-state index contributed by atoms with van der Waals surface area (Å²) in [5.41, 5.74) is -0.736. The van der Waals surface area contributed by atoms with Gasteiger partial charge in [0, 0.05) is 32.1 Å². The third-order valence-corrected chi connectivity index (χ3v) is 4.91. The number of alkyl halides is 3. The zero-order valence-corrected chi connectivity index (χ0v) is 13.8. The molecule has 1 aliphatic heterocycles. The highest BCUT2D eigenvalue weighted by Crippen LogP contribution is 2.32. The van der Waals surface area contributed by atoms with Gasteiger partial charge in [-0.2, -0.15) is 13.2 Å². The number of anilines is 1. The molecule has 1 fully saturated rings. The molecule has 25 heavy (non-hydrogen) atoms. The Hall–Kier alpha value is -2.29. The summed E-state index contributed by atoms with van der Waals surface area (Å²) in [6, 6.07) is 4.84. The second-order valence-electron chi connectivity index (χ2n) is 5.62. The Morgan fingerprint density at radius 3 is 2.64 bits per heavy atom. The van der Waals surface area contributed by atoms with Crippen molar-refractivity contribution in [2.75, 3.05) is 18.0 Å². The Morgan fingerprint density at radius 2 is 2.04 bits per heavy atom. The first-order valence-electron chi connectivity index (χ1n) is 7.59. The molecule has 0 N–H and O–H groups in total. The van der Waals surface area contributed by atoms with Crippen LogP contribution in [0, 0.1) is 0 Å². The monoisotopic (exact) mass is 371 g/mol. The molecule has 2 aromatic rings. The smallest absolute Gasteiger partial charge is 0.416 e. The molecule has 0 bridgehead atoms. The van der Waals surface area contributed by atoms with Crippen LogP contribution in [0.15, 0.2) is 30.5 Å². The molecule has 1 aliphatic rings. The van der Waals surface area contributed by atoms with E-state index in [0.717, 1.165) is 23.5 Å². The predicted octanol–water partition coefficient (Wildman–Crippen LogP) is 2.57. The average Bonchev–Trinajstić information content (AvgIpc) is 3.05. The minimum atomic E-state index is -4.40. The van der Waals surface area contributed by atoms with Gasteiger partial charge in [0.05, 0.1) is 16.4 Å². The largest absolute Gasteiger partial charge is 0.544 e. The summed E-state index contributed by atoms with van der Waals surface area (Å²) < 4.78 is 43.9. The summed E-state index contributed by atoms with van der Waals surface area (Å²) >= 11 is 1.04. The lowest BCUT2D eigenvalue weighted by Crippen LogP contribution is -2.38. The predicted molar refractivity (Wildman–Crippen MR) is 83.8 cm³/mol. The highest BCUT2D eigenvalue weighted by molar-refractivity contribution is 7.17. The van der Waals surface area contributed by atoms with Crippen LogP contribution in [0.4, 0.5) is 18.3 Å². The van der Waals surface area contributed by atoms with E-state index in [-0.39, 0.29) is 16.7 Å². The van der Waals surface area contributed by atoms with Crippen LogP contribution in [-0.4, -0.2) is 30.1 Å². The summed E-state index contributed by atoms with van der Waals surface area (Å²) in [6.45, 7) is 1.17. The Morgan fingerprint density at radius 1 is 1.32 bits per heavy atom. The molecule has 2 heterocycles. The molecule has 0 radical (unpaired) electrons. The topological polar surface area (TPSA) is 65.5 Å². The first-order valence-corrected chi connectivity index (χ1v) is 8.40. The van der Waals surface area contributed by atoms with E-state index in [4.69, 9.17) is 4.74 Å². The highest BCUT2D eigenvalue weighted by Gasteiger charge is 2.31. The van der Waals surface area contributed by atoms with Gasteiger partial charge in [-0.1, -0.05) is 17.4 Å². The summed E-state index contributed by atoms with van der Waals surface area (Å²) in [5, 5.41) is 11.4. The fourth-order valence-electron chi connectivity index (χ4n) is 2.61. The third kappa shape index (κ3) is 4.22. The molecule has 0 saturated carbocycles. The van der Waals surface area contributed by atoms with Crippen LogP contribution in [0.25, 0.3) is 0 Å². The van der Waals surface area contributed by atoms with Gasteiger partial charge >= 0.3 is 6.18 Å². The SMILES string of the molecule is O=C([O-])c1cnc(N2CCC(Oc3cccc(C(F)(F)F)c3)CC2)s1. The van der Waals surface area contributed by atoms with Crippen molar-refractivity contribution in [1.82, 2.24) is 4.98 Å². The molecule has 0 unspecified atom stereocenters. The quantitative estimate of drug-likeness (QED) is 0.827. The number of halogens is 3. The van der Waals surface area contributed by atoms with Gasteiger partial charge in [0.1, 0.15) is 11.9 Å². The van der Waals surface area contributed by atoms with Crippen molar-refractivity contribution in [1.29, 1.82) is 0 Å². The first kappa shape index (κ1) is 17.5. The number of carbonyl (C=O) groups excluding carboxylic acids is 1. The van der Waals surface area contributed by atoms with Crippen LogP contribution >= 0.6 is 11.3 Å². The zero-order chi connectivity index (χ0) is 18.0. The number of piperidine rings is 1. The van der Waals surface area contributed by atoms with Crippen molar-refractivity contribution in [2.24, 2.45) is 0 Å². The van der Waals surface area contributed by atoms with Gasteiger partial charge in [-0.25, -0.2) is 4.98 Å². The van der Waals surface area contributed by atoms with Crippen molar-refractivity contribution < 1.29 is 27.8 Å². The fourth-order valence-corrected chi connectivity index (χ4v) is 3.41. The lowest BCUT2D eigenvalue weighted by atomic mass is 10.1. The molecule has 9 heteroatoms. The minimum Gasteiger partial charge on any atom is -0.544 e. The molecular weight excluding hydrogens is 357 g/mol. The lowest BCUT2D eigenvalue weighted by Gasteiger charge is -2.32. The second kappa shape index (κ2) is 6.91. The van der Waals surface area contributed by atoms with Gasteiger partial charge in [0.15, 0.2) is 5.13 Å². The number of benzene rings is 1. The van der Waals surface area contributed by atoms with E-state index in [2.05, 4.69) is 4.98 Å². The number of carboxylic acids is 1. The van der Waals surface area contributed by atoms with Gasteiger partial charge in [0.25, 0.3) is 0 Å². The van der Waals surface area contributed by atoms with E-state index in [1.807, 2.05) is 4.90 Å². The minimum absolute atomic E-state index is 0.0670. The molecule has 5 nitrogen and oxygen atoms in total. The highest BCUT2D eigenvalue weighted by atomic mass is 32.1. The number of thiazole rings is 1. The third-order valence-electron chi connectivity index (χ3n) is 3.87. The summed E-state index contributed by atoms with van der Waals surface area (Å²) in [5.74, 6) is -1.06. The van der Waals surface area contributed by atoms with Gasteiger partial charge in [-0.15, -0.1) is 0 Å². The average molecular weight is 371 g/mol. The van der Waals surface area contributed by atoms with Crippen molar-refractivity contribution in [3.8, 4) is 5.75 Å². The molecule has 1 saturated heterocycles. The summed E-state index contributed by atoms with van der Waals surface area (Å²) in [7, 11) is 0. The molecule has 0 aliphatic carbocycles. The van der Waals surface area contributed by atoms with E-state index in [0.29, 0.717) is 31.1 Å². The maximum Gasteiger partial charge on any atom is 0.416 e. The number of ether oxygens (including phenoxy) is 1. The van der Waals surface area contributed by atoms with Gasteiger partial charge < -0.3 is 19.5 Å². The first-order chi connectivity index (χ1) is 11.8. The Bertz CT molecular complexity index is 755.